The first-order valence-electron chi connectivity index (χ1n) is 3.74. The molecule has 3 nitrogen and oxygen atoms in total. The number of carboxylic acid groups (broad SMARTS) is 1. The van der Waals surface area contributed by atoms with Gasteiger partial charge in [0.15, 0.2) is 0 Å². The maximum atomic E-state index is 10.4. The van der Waals surface area contributed by atoms with Crippen LogP contribution in [0.4, 0.5) is 0 Å². The van der Waals surface area contributed by atoms with E-state index in [0.717, 1.165) is 16.8 Å². The SMILES string of the molecule is Cc1ccnc(C)c1CC(=O)O. The predicted molar refractivity (Wildman–Crippen MR) is 45.1 cm³/mol. The molecule has 0 spiro atoms. The van der Waals surface area contributed by atoms with Gasteiger partial charge < -0.3 is 5.11 Å². The topological polar surface area (TPSA) is 50.2 Å². The molecule has 1 aromatic heterocycles. The molecule has 0 aromatic carbocycles. The lowest BCUT2D eigenvalue weighted by atomic mass is 10.1. The molecule has 1 N–H and O–H groups in total. The minimum Gasteiger partial charge on any atom is -0.481 e. The summed E-state index contributed by atoms with van der Waals surface area (Å²) >= 11 is 0. The summed E-state index contributed by atoms with van der Waals surface area (Å²) in [5.41, 5.74) is 2.62. The Hall–Kier alpha value is -1.38. The summed E-state index contributed by atoms with van der Waals surface area (Å²) < 4.78 is 0. The minimum atomic E-state index is -0.811. The zero-order valence-corrected chi connectivity index (χ0v) is 7.16. The van der Waals surface area contributed by atoms with Crippen molar-refractivity contribution >= 4 is 5.97 Å². The molecular weight excluding hydrogens is 154 g/mol. The van der Waals surface area contributed by atoms with Crippen molar-refractivity contribution in [2.75, 3.05) is 0 Å². The summed E-state index contributed by atoms with van der Waals surface area (Å²) in [5, 5.41) is 8.59. The maximum Gasteiger partial charge on any atom is 0.307 e. The molecule has 0 amide bonds. The molecule has 0 aliphatic rings. The number of hydrogen-bond donors (Lipinski definition) is 1. The van der Waals surface area contributed by atoms with Crippen molar-refractivity contribution in [2.45, 2.75) is 20.3 Å². The van der Waals surface area contributed by atoms with Gasteiger partial charge in [0.25, 0.3) is 0 Å². The van der Waals surface area contributed by atoms with Crippen LogP contribution in [-0.4, -0.2) is 16.1 Å². The van der Waals surface area contributed by atoms with Gasteiger partial charge in [0.1, 0.15) is 0 Å². The first kappa shape index (κ1) is 8.71. The minimum absolute atomic E-state index is 0.0610. The molecule has 1 aromatic rings. The second-order valence-corrected chi connectivity index (χ2v) is 2.76. The number of aryl methyl sites for hydroxylation is 2. The largest absolute Gasteiger partial charge is 0.481 e. The van der Waals surface area contributed by atoms with Gasteiger partial charge in [0.2, 0.25) is 0 Å². The number of pyridine rings is 1. The van der Waals surface area contributed by atoms with Crippen LogP contribution in [0.2, 0.25) is 0 Å². The van der Waals surface area contributed by atoms with Crippen LogP contribution in [0.5, 0.6) is 0 Å². The van der Waals surface area contributed by atoms with Crippen molar-refractivity contribution in [2.24, 2.45) is 0 Å². The first-order valence-corrected chi connectivity index (χ1v) is 3.74. The fourth-order valence-electron chi connectivity index (χ4n) is 1.14. The molecule has 1 rings (SSSR count). The zero-order valence-electron chi connectivity index (χ0n) is 7.16. The lowest BCUT2D eigenvalue weighted by Crippen LogP contribution is -2.05. The lowest BCUT2D eigenvalue weighted by Gasteiger charge is -2.04. The molecule has 3 heteroatoms. The average molecular weight is 165 g/mol. The van der Waals surface area contributed by atoms with E-state index in [2.05, 4.69) is 4.98 Å². The number of nitrogens with zero attached hydrogens (tertiary/aromatic N) is 1. The van der Waals surface area contributed by atoms with Crippen molar-refractivity contribution < 1.29 is 9.90 Å². The van der Waals surface area contributed by atoms with Crippen LogP contribution in [0.25, 0.3) is 0 Å². The maximum absolute atomic E-state index is 10.4. The van der Waals surface area contributed by atoms with Crippen molar-refractivity contribution in [1.82, 2.24) is 4.98 Å². The highest BCUT2D eigenvalue weighted by molar-refractivity contribution is 5.71. The third kappa shape index (κ3) is 1.81. The van der Waals surface area contributed by atoms with E-state index in [1.54, 1.807) is 6.20 Å². The molecule has 0 aliphatic carbocycles. The molecule has 0 saturated heterocycles. The Labute approximate surface area is 71.1 Å². The monoisotopic (exact) mass is 165 g/mol. The molecule has 0 unspecified atom stereocenters. The van der Waals surface area contributed by atoms with Crippen molar-refractivity contribution in [3.05, 3.63) is 29.1 Å². The Balaban J connectivity index is 3.04. The Morgan fingerprint density at radius 1 is 1.58 bits per heavy atom. The summed E-state index contributed by atoms with van der Waals surface area (Å²) in [6, 6.07) is 1.82. The van der Waals surface area contributed by atoms with E-state index in [1.165, 1.54) is 0 Å². The number of hydrogen-bond acceptors (Lipinski definition) is 2. The van der Waals surface area contributed by atoms with E-state index in [4.69, 9.17) is 5.11 Å². The normalized spacial score (nSPS) is 9.83. The summed E-state index contributed by atoms with van der Waals surface area (Å²) in [6.45, 7) is 3.72. The summed E-state index contributed by atoms with van der Waals surface area (Å²) in [7, 11) is 0. The summed E-state index contributed by atoms with van der Waals surface area (Å²) in [4.78, 5) is 14.5. The highest BCUT2D eigenvalue weighted by Crippen LogP contribution is 2.10. The molecule has 64 valence electrons. The third-order valence-electron chi connectivity index (χ3n) is 1.83. The van der Waals surface area contributed by atoms with Gasteiger partial charge in [-0.15, -0.1) is 0 Å². The van der Waals surface area contributed by atoms with Gasteiger partial charge in [-0.2, -0.15) is 0 Å². The van der Waals surface area contributed by atoms with E-state index < -0.39 is 5.97 Å². The zero-order chi connectivity index (χ0) is 9.14. The van der Waals surface area contributed by atoms with Crippen LogP contribution in [0, 0.1) is 13.8 Å². The Kier molecular flexibility index (Phi) is 2.43. The Bertz CT molecular complexity index is 287. The summed E-state index contributed by atoms with van der Waals surface area (Å²) in [5.74, 6) is -0.811. The lowest BCUT2D eigenvalue weighted by molar-refractivity contribution is -0.136. The fourth-order valence-corrected chi connectivity index (χ4v) is 1.14. The Morgan fingerprint density at radius 3 is 2.75 bits per heavy atom. The molecule has 0 saturated carbocycles. The number of aliphatic carboxylic acids is 1. The third-order valence-corrected chi connectivity index (χ3v) is 1.83. The van der Waals surface area contributed by atoms with E-state index >= 15 is 0 Å². The van der Waals surface area contributed by atoms with Crippen molar-refractivity contribution in [1.29, 1.82) is 0 Å². The number of carbonyl (C=O) groups is 1. The molecule has 0 fully saturated rings. The van der Waals surface area contributed by atoms with Gasteiger partial charge >= 0.3 is 5.97 Å². The average Bonchev–Trinajstić information content (AvgIpc) is 1.97. The number of carboxylic acids is 1. The van der Waals surface area contributed by atoms with E-state index in [-0.39, 0.29) is 6.42 Å². The highest BCUT2D eigenvalue weighted by atomic mass is 16.4. The van der Waals surface area contributed by atoms with Gasteiger partial charge in [0, 0.05) is 11.9 Å². The van der Waals surface area contributed by atoms with Crippen LogP contribution in [0.3, 0.4) is 0 Å². The number of aromatic nitrogens is 1. The van der Waals surface area contributed by atoms with Crippen LogP contribution < -0.4 is 0 Å². The van der Waals surface area contributed by atoms with E-state index in [0.29, 0.717) is 0 Å². The van der Waals surface area contributed by atoms with Crippen molar-refractivity contribution in [3.8, 4) is 0 Å². The van der Waals surface area contributed by atoms with Crippen LogP contribution in [0.1, 0.15) is 16.8 Å². The van der Waals surface area contributed by atoms with Gasteiger partial charge in [-0.25, -0.2) is 0 Å². The first-order chi connectivity index (χ1) is 5.61. The van der Waals surface area contributed by atoms with Gasteiger partial charge in [-0.05, 0) is 31.0 Å². The number of rotatable bonds is 2. The van der Waals surface area contributed by atoms with Gasteiger partial charge in [-0.3, -0.25) is 9.78 Å². The van der Waals surface area contributed by atoms with E-state index in [1.807, 2.05) is 19.9 Å². The van der Waals surface area contributed by atoms with Crippen LogP contribution >= 0.6 is 0 Å². The van der Waals surface area contributed by atoms with Gasteiger partial charge in [0.05, 0.1) is 6.42 Å². The predicted octanol–water partition coefficient (Wildman–Crippen LogP) is 1.33. The fraction of sp³-hybridized carbons (Fsp3) is 0.333. The molecule has 0 atom stereocenters. The van der Waals surface area contributed by atoms with Crippen LogP contribution in [0.15, 0.2) is 12.3 Å². The molecule has 12 heavy (non-hydrogen) atoms. The van der Waals surface area contributed by atoms with Gasteiger partial charge in [-0.1, -0.05) is 0 Å². The molecule has 0 aliphatic heterocycles. The van der Waals surface area contributed by atoms with E-state index in [9.17, 15) is 4.79 Å². The summed E-state index contributed by atoms with van der Waals surface area (Å²) in [6.07, 6.45) is 1.75. The smallest absolute Gasteiger partial charge is 0.307 e. The second kappa shape index (κ2) is 3.34. The quantitative estimate of drug-likeness (QED) is 0.719. The van der Waals surface area contributed by atoms with Crippen molar-refractivity contribution in [3.63, 3.8) is 0 Å². The second-order valence-electron chi connectivity index (χ2n) is 2.76. The Morgan fingerprint density at radius 2 is 2.25 bits per heavy atom. The van der Waals surface area contributed by atoms with Crippen LogP contribution in [-0.2, 0) is 11.2 Å². The standard InChI is InChI=1S/C9H11NO2/c1-6-3-4-10-7(2)8(6)5-9(11)12/h3-4H,5H2,1-2H3,(H,11,12). The highest BCUT2D eigenvalue weighted by Gasteiger charge is 2.06. The molecule has 0 radical (unpaired) electrons. The molecule has 1 heterocycles. The molecule has 0 bridgehead atoms. The molecular formula is C9H11NO2.